The fourth-order valence-corrected chi connectivity index (χ4v) is 2.94. The number of halogens is 2. The van der Waals surface area contributed by atoms with Gasteiger partial charge in [-0.1, -0.05) is 18.0 Å². The Hall–Kier alpha value is -0.930. The second kappa shape index (κ2) is 6.49. The van der Waals surface area contributed by atoms with Crippen LogP contribution in [0.25, 0.3) is 0 Å². The lowest BCUT2D eigenvalue weighted by Gasteiger charge is -2.15. The fourth-order valence-electron chi connectivity index (χ4n) is 2.40. The lowest BCUT2D eigenvalue weighted by atomic mass is 10.1. The van der Waals surface area contributed by atoms with Crippen molar-refractivity contribution >= 4 is 29.1 Å². The van der Waals surface area contributed by atoms with Crippen LogP contribution in [0.1, 0.15) is 29.6 Å². The molecule has 0 bridgehead atoms. The predicted molar refractivity (Wildman–Crippen MR) is 77.3 cm³/mol. The van der Waals surface area contributed by atoms with E-state index >= 15 is 0 Å². The van der Waals surface area contributed by atoms with E-state index in [2.05, 4.69) is 5.32 Å². The Bertz CT molecular complexity index is 465. The summed E-state index contributed by atoms with van der Waals surface area (Å²) in [6.45, 7) is 0.600. The van der Waals surface area contributed by atoms with Gasteiger partial charge in [-0.2, -0.15) is 0 Å². The molecule has 1 amide bonds. The summed E-state index contributed by atoms with van der Waals surface area (Å²) in [6.07, 6.45) is 3.24. The van der Waals surface area contributed by atoms with Crippen LogP contribution in [-0.2, 0) is 0 Å². The molecule has 3 nitrogen and oxygen atoms in total. The van der Waals surface area contributed by atoms with E-state index in [0.717, 1.165) is 19.3 Å². The number of ether oxygens (including phenoxy) is 1. The summed E-state index contributed by atoms with van der Waals surface area (Å²) < 4.78 is 5.17. The first-order valence-electron chi connectivity index (χ1n) is 6.37. The number of carbonyl (C=O) groups excluding carboxylic acids is 1. The molecule has 1 aliphatic rings. The van der Waals surface area contributed by atoms with Gasteiger partial charge in [0, 0.05) is 16.9 Å². The molecule has 1 fully saturated rings. The molecule has 1 aromatic carbocycles. The minimum Gasteiger partial charge on any atom is -0.496 e. The standard InChI is InChI=1S/C14H17Cl2NO2/c1-19-13-6-5-10(15)7-11(13)14(18)17-8-9-3-2-4-12(9)16/h5-7,9,12H,2-4,8H2,1H3,(H,17,18). The van der Waals surface area contributed by atoms with Gasteiger partial charge in [0.1, 0.15) is 5.75 Å². The van der Waals surface area contributed by atoms with E-state index in [1.165, 1.54) is 7.11 Å². The van der Waals surface area contributed by atoms with Gasteiger partial charge in [0.25, 0.3) is 5.91 Å². The summed E-state index contributed by atoms with van der Waals surface area (Å²) in [5.41, 5.74) is 0.458. The smallest absolute Gasteiger partial charge is 0.255 e. The van der Waals surface area contributed by atoms with Gasteiger partial charge < -0.3 is 10.1 Å². The number of carbonyl (C=O) groups is 1. The van der Waals surface area contributed by atoms with Crippen LogP contribution in [0.15, 0.2) is 18.2 Å². The molecule has 5 heteroatoms. The Kier molecular flexibility index (Phi) is 4.94. The molecule has 2 rings (SSSR count). The predicted octanol–water partition coefficient (Wildman–Crippen LogP) is 3.49. The summed E-state index contributed by atoms with van der Waals surface area (Å²) in [6, 6.07) is 5.00. The Balaban J connectivity index is 2.01. The maximum Gasteiger partial charge on any atom is 0.255 e. The molecule has 0 saturated heterocycles. The third-order valence-electron chi connectivity index (χ3n) is 3.50. The van der Waals surface area contributed by atoms with Crippen molar-refractivity contribution < 1.29 is 9.53 Å². The van der Waals surface area contributed by atoms with Crippen molar-refractivity contribution in [3.63, 3.8) is 0 Å². The van der Waals surface area contributed by atoms with Crippen LogP contribution in [0.4, 0.5) is 0 Å². The Labute approximate surface area is 123 Å². The van der Waals surface area contributed by atoms with E-state index < -0.39 is 0 Å². The van der Waals surface area contributed by atoms with E-state index in [4.69, 9.17) is 27.9 Å². The van der Waals surface area contributed by atoms with Crippen LogP contribution >= 0.6 is 23.2 Å². The monoisotopic (exact) mass is 301 g/mol. The maximum absolute atomic E-state index is 12.1. The van der Waals surface area contributed by atoms with Gasteiger partial charge in [-0.25, -0.2) is 0 Å². The minimum absolute atomic E-state index is 0.168. The maximum atomic E-state index is 12.1. The van der Waals surface area contributed by atoms with Crippen LogP contribution in [-0.4, -0.2) is 24.9 Å². The molecule has 1 saturated carbocycles. The molecular formula is C14H17Cl2NO2. The van der Waals surface area contributed by atoms with E-state index in [0.29, 0.717) is 28.8 Å². The van der Waals surface area contributed by atoms with Gasteiger partial charge in [-0.15, -0.1) is 11.6 Å². The Morgan fingerprint density at radius 1 is 1.47 bits per heavy atom. The molecule has 0 aliphatic heterocycles. The highest BCUT2D eigenvalue weighted by molar-refractivity contribution is 6.31. The third kappa shape index (κ3) is 3.54. The molecule has 104 valence electrons. The zero-order valence-corrected chi connectivity index (χ0v) is 12.3. The largest absolute Gasteiger partial charge is 0.496 e. The Morgan fingerprint density at radius 2 is 2.26 bits per heavy atom. The lowest BCUT2D eigenvalue weighted by Crippen LogP contribution is -2.31. The average Bonchev–Trinajstić information content (AvgIpc) is 2.81. The lowest BCUT2D eigenvalue weighted by molar-refractivity contribution is 0.0944. The number of amides is 1. The highest BCUT2D eigenvalue weighted by Crippen LogP contribution is 2.29. The highest BCUT2D eigenvalue weighted by atomic mass is 35.5. The van der Waals surface area contributed by atoms with Crippen molar-refractivity contribution in [2.45, 2.75) is 24.6 Å². The average molecular weight is 302 g/mol. The molecular weight excluding hydrogens is 285 g/mol. The van der Waals surface area contributed by atoms with Crippen molar-refractivity contribution in [3.05, 3.63) is 28.8 Å². The zero-order chi connectivity index (χ0) is 13.8. The van der Waals surface area contributed by atoms with E-state index in [9.17, 15) is 4.79 Å². The van der Waals surface area contributed by atoms with Crippen LogP contribution in [0, 0.1) is 5.92 Å². The summed E-state index contributed by atoms with van der Waals surface area (Å²) in [5.74, 6) is 0.710. The van der Waals surface area contributed by atoms with Crippen molar-refractivity contribution in [2.24, 2.45) is 5.92 Å². The number of alkyl halides is 1. The normalized spacial score (nSPS) is 22.3. The Morgan fingerprint density at radius 3 is 2.89 bits per heavy atom. The molecule has 0 heterocycles. The summed E-state index contributed by atoms with van der Waals surface area (Å²) in [7, 11) is 1.53. The molecule has 1 aliphatic carbocycles. The van der Waals surface area contributed by atoms with Gasteiger partial charge in [-0.3, -0.25) is 4.79 Å². The molecule has 2 atom stereocenters. The van der Waals surface area contributed by atoms with Crippen LogP contribution in [0.2, 0.25) is 5.02 Å². The van der Waals surface area contributed by atoms with Crippen molar-refractivity contribution in [3.8, 4) is 5.75 Å². The number of hydrogen-bond donors (Lipinski definition) is 1. The van der Waals surface area contributed by atoms with Gasteiger partial charge in [0.05, 0.1) is 12.7 Å². The SMILES string of the molecule is COc1ccc(Cl)cc1C(=O)NCC1CCCC1Cl. The van der Waals surface area contributed by atoms with Crippen LogP contribution < -0.4 is 10.1 Å². The number of methoxy groups -OCH3 is 1. The first-order chi connectivity index (χ1) is 9.11. The highest BCUT2D eigenvalue weighted by Gasteiger charge is 2.26. The summed E-state index contributed by atoms with van der Waals surface area (Å²) >= 11 is 12.1. The molecule has 1 aromatic rings. The summed E-state index contributed by atoms with van der Waals surface area (Å²) in [5, 5.41) is 3.60. The third-order valence-corrected chi connectivity index (χ3v) is 4.31. The quantitative estimate of drug-likeness (QED) is 0.865. The molecule has 0 aromatic heterocycles. The van der Waals surface area contributed by atoms with Gasteiger partial charge in [0.15, 0.2) is 0 Å². The molecule has 2 unspecified atom stereocenters. The van der Waals surface area contributed by atoms with Gasteiger partial charge in [0.2, 0.25) is 0 Å². The first kappa shape index (κ1) is 14.5. The molecule has 19 heavy (non-hydrogen) atoms. The fraction of sp³-hybridized carbons (Fsp3) is 0.500. The number of hydrogen-bond acceptors (Lipinski definition) is 2. The van der Waals surface area contributed by atoms with E-state index in [-0.39, 0.29) is 11.3 Å². The van der Waals surface area contributed by atoms with Crippen LogP contribution in [0.5, 0.6) is 5.75 Å². The minimum atomic E-state index is -0.171. The number of nitrogens with one attached hydrogen (secondary N) is 1. The zero-order valence-electron chi connectivity index (χ0n) is 10.8. The first-order valence-corrected chi connectivity index (χ1v) is 7.19. The van der Waals surface area contributed by atoms with Crippen LogP contribution in [0.3, 0.4) is 0 Å². The molecule has 0 spiro atoms. The second-order valence-electron chi connectivity index (χ2n) is 4.76. The number of benzene rings is 1. The van der Waals surface area contributed by atoms with E-state index in [1.807, 2.05) is 0 Å². The van der Waals surface area contributed by atoms with Crippen molar-refractivity contribution in [2.75, 3.05) is 13.7 Å². The van der Waals surface area contributed by atoms with Gasteiger partial charge >= 0.3 is 0 Å². The molecule has 1 N–H and O–H groups in total. The summed E-state index contributed by atoms with van der Waals surface area (Å²) in [4.78, 5) is 12.1. The van der Waals surface area contributed by atoms with Crippen molar-refractivity contribution in [1.29, 1.82) is 0 Å². The molecule has 0 radical (unpaired) electrons. The number of rotatable bonds is 4. The van der Waals surface area contributed by atoms with E-state index in [1.54, 1.807) is 18.2 Å². The second-order valence-corrected chi connectivity index (χ2v) is 5.76. The van der Waals surface area contributed by atoms with Crippen molar-refractivity contribution in [1.82, 2.24) is 5.32 Å². The topological polar surface area (TPSA) is 38.3 Å². The van der Waals surface area contributed by atoms with Gasteiger partial charge in [-0.05, 0) is 37.0 Å².